The van der Waals surface area contributed by atoms with E-state index in [1.807, 2.05) is 13.0 Å². The SMILES string of the molecule is Cc1cc(O)ccc1CC(C)CC(N)=S. The van der Waals surface area contributed by atoms with Gasteiger partial charge in [-0.05, 0) is 42.5 Å². The standard InChI is InChI=1S/C12H17NOS/c1-8(6-12(13)15)5-10-3-4-11(14)7-9(10)2/h3-4,7-8,14H,5-6H2,1-2H3,(H2,13,15). The maximum Gasteiger partial charge on any atom is 0.115 e. The molecular weight excluding hydrogens is 206 g/mol. The number of hydrogen-bond acceptors (Lipinski definition) is 2. The first-order valence-corrected chi connectivity index (χ1v) is 5.46. The third kappa shape index (κ3) is 3.88. The Bertz CT molecular complexity index is 363. The fraction of sp³-hybridized carbons (Fsp3) is 0.417. The van der Waals surface area contributed by atoms with Crippen molar-refractivity contribution in [1.29, 1.82) is 0 Å². The Kier molecular flexibility index (Phi) is 4.09. The summed E-state index contributed by atoms with van der Waals surface area (Å²) >= 11 is 4.88. The second-order valence-electron chi connectivity index (χ2n) is 4.09. The number of benzene rings is 1. The van der Waals surface area contributed by atoms with E-state index >= 15 is 0 Å². The number of hydrogen-bond donors (Lipinski definition) is 2. The second-order valence-corrected chi connectivity index (χ2v) is 4.61. The predicted octanol–water partition coefficient (Wildman–Crippen LogP) is 2.56. The van der Waals surface area contributed by atoms with Gasteiger partial charge in [0.05, 0.1) is 4.99 Å². The van der Waals surface area contributed by atoms with Gasteiger partial charge in [-0.3, -0.25) is 0 Å². The summed E-state index contributed by atoms with van der Waals surface area (Å²) in [4.78, 5) is 0.568. The van der Waals surface area contributed by atoms with E-state index < -0.39 is 0 Å². The molecule has 1 aromatic rings. The monoisotopic (exact) mass is 223 g/mol. The minimum absolute atomic E-state index is 0.318. The summed E-state index contributed by atoms with van der Waals surface area (Å²) in [6.07, 6.45) is 1.72. The lowest BCUT2D eigenvalue weighted by Crippen LogP contribution is -2.14. The zero-order chi connectivity index (χ0) is 11.4. The van der Waals surface area contributed by atoms with E-state index in [0.717, 1.165) is 18.4 Å². The second kappa shape index (κ2) is 5.12. The van der Waals surface area contributed by atoms with Gasteiger partial charge in [-0.1, -0.05) is 25.2 Å². The van der Waals surface area contributed by atoms with Crippen LogP contribution in [0.5, 0.6) is 5.75 Å². The highest BCUT2D eigenvalue weighted by Gasteiger charge is 2.07. The van der Waals surface area contributed by atoms with Crippen molar-refractivity contribution >= 4 is 17.2 Å². The molecule has 3 N–H and O–H groups in total. The van der Waals surface area contributed by atoms with E-state index in [0.29, 0.717) is 16.7 Å². The van der Waals surface area contributed by atoms with Gasteiger partial charge in [0, 0.05) is 6.42 Å². The topological polar surface area (TPSA) is 46.2 Å². The molecule has 0 aliphatic rings. The van der Waals surface area contributed by atoms with Crippen LogP contribution in [-0.2, 0) is 6.42 Å². The van der Waals surface area contributed by atoms with Crippen molar-refractivity contribution in [1.82, 2.24) is 0 Å². The lowest BCUT2D eigenvalue weighted by molar-refractivity contribution is 0.474. The first-order chi connectivity index (χ1) is 6.99. The molecule has 0 aromatic heterocycles. The van der Waals surface area contributed by atoms with Crippen LogP contribution in [0.25, 0.3) is 0 Å². The minimum atomic E-state index is 0.318. The number of aryl methyl sites for hydroxylation is 1. The summed E-state index contributed by atoms with van der Waals surface area (Å²) in [5.74, 6) is 0.768. The Labute approximate surface area is 96.1 Å². The molecule has 1 unspecified atom stereocenters. The van der Waals surface area contributed by atoms with Crippen molar-refractivity contribution in [2.24, 2.45) is 11.7 Å². The van der Waals surface area contributed by atoms with Gasteiger partial charge in [0.15, 0.2) is 0 Å². The summed E-state index contributed by atoms with van der Waals surface area (Å²) in [5.41, 5.74) is 7.86. The Morgan fingerprint density at radius 3 is 2.73 bits per heavy atom. The number of phenols is 1. The van der Waals surface area contributed by atoms with Gasteiger partial charge in [-0.15, -0.1) is 0 Å². The molecule has 0 bridgehead atoms. The quantitative estimate of drug-likeness (QED) is 0.771. The zero-order valence-electron chi connectivity index (χ0n) is 9.16. The van der Waals surface area contributed by atoms with E-state index in [2.05, 4.69) is 6.92 Å². The molecule has 2 nitrogen and oxygen atoms in total. The van der Waals surface area contributed by atoms with Crippen molar-refractivity contribution in [3.8, 4) is 5.75 Å². The minimum Gasteiger partial charge on any atom is -0.508 e. The number of rotatable bonds is 4. The zero-order valence-corrected chi connectivity index (χ0v) is 9.97. The summed E-state index contributed by atoms with van der Waals surface area (Å²) in [6.45, 7) is 4.13. The molecule has 1 aromatic carbocycles. The number of phenolic OH excluding ortho intramolecular Hbond substituents is 1. The number of aromatic hydroxyl groups is 1. The van der Waals surface area contributed by atoms with Crippen LogP contribution < -0.4 is 5.73 Å². The summed E-state index contributed by atoms with van der Waals surface area (Å²) in [6, 6.07) is 5.46. The van der Waals surface area contributed by atoms with Crippen molar-refractivity contribution < 1.29 is 5.11 Å². The average molecular weight is 223 g/mol. The first-order valence-electron chi connectivity index (χ1n) is 5.06. The fourth-order valence-corrected chi connectivity index (χ4v) is 1.98. The molecule has 1 rings (SSSR count). The molecule has 0 saturated carbocycles. The highest BCUT2D eigenvalue weighted by molar-refractivity contribution is 7.80. The van der Waals surface area contributed by atoms with E-state index in [4.69, 9.17) is 18.0 Å². The molecule has 1 atom stereocenters. The predicted molar refractivity (Wildman–Crippen MR) is 67.1 cm³/mol. The van der Waals surface area contributed by atoms with Crippen LogP contribution >= 0.6 is 12.2 Å². The van der Waals surface area contributed by atoms with Crippen LogP contribution in [0.4, 0.5) is 0 Å². The van der Waals surface area contributed by atoms with Crippen molar-refractivity contribution in [3.63, 3.8) is 0 Å². The van der Waals surface area contributed by atoms with Crippen LogP contribution in [0.1, 0.15) is 24.5 Å². The normalized spacial score (nSPS) is 12.4. The van der Waals surface area contributed by atoms with Gasteiger partial charge in [0.2, 0.25) is 0 Å². The number of thiocarbonyl (C=S) groups is 1. The van der Waals surface area contributed by atoms with Crippen LogP contribution in [0.15, 0.2) is 18.2 Å². The number of nitrogens with two attached hydrogens (primary N) is 1. The van der Waals surface area contributed by atoms with E-state index in [-0.39, 0.29) is 0 Å². The van der Waals surface area contributed by atoms with Gasteiger partial charge < -0.3 is 10.8 Å². The molecular formula is C12H17NOS. The van der Waals surface area contributed by atoms with Gasteiger partial charge in [-0.2, -0.15) is 0 Å². The smallest absolute Gasteiger partial charge is 0.115 e. The Morgan fingerprint density at radius 1 is 1.53 bits per heavy atom. The van der Waals surface area contributed by atoms with Crippen molar-refractivity contribution in [3.05, 3.63) is 29.3 Å². The third-order valence-corrected chi connectivity index (χ3v) is 2.61. The molecule has 82 valence electrons. The van der Waals surface area contributed by atoms with Crippen LogP contribution in [-0.4, -0.2) is 10.1 Å². The molecule has 0 aliphatic carbocycles. The molecule has 0 saturated heterocycles. The highest BCUT2D eigenvalue weighted by atomic mass is 32.1. The van der Waals surface area contributed by atoms with E-state index in [1.54, 1.807) is 12.1 Å². The summed E-state index contributed by atoms with van der Waals surface area (Å²) in [7, 11) is 0. The molecule has 0 aliphatic heterocycles. The molecule has 0 fully saturated rings. The molecule has 0 spiro atoms. The van der Waals surface area contributed by atoms with E-state index in [1.165, 1.54) is 5.56 Å². The molecule has 3 heteroatoms. The molecule has 15 heavy (non-hydrogen) atoms. The Hall–Kier alpha value is -1.09. The van der Waals surface area contributed by atoms with Crippen LogP contribution in [0.2, 0.25) is 0 Å². The van der Waals surface area contributed by atoms with Crippen molar-refractivity contribution in [2.45, 2.75) is 26.7 Å². The lowest BCUT2D eigenvalue weighted by atomic mass is 9.95. The van der Waals surface area contributed by atoms with Crippen molar-refractivity contribution in [2.75, 3.05) is 0 Å². The first kappa shape index (κ1) is 12.0. The maximum atomic E-state index is 9.28. The summed E-state index contributed by atoms with van der Waals surface area (Å²) < 4.78 is 0. The van der Waals surface area contributed by atoms with E-state index in [9.17, 15) is 5.11 Å². The fourth-order valence-electron chi connectivity index (χ4n) is 1.70. The highest BCUT2D eigenvalue weighted by Crippen LogP contribution is 2.19. The maximum absolute atomic E-state index is 9.28. The Morgan fingerprint density at radius 2 is 2.20 bits per heavy atom. The Balaban J connectivity index is 2.68. The lowest BCUT2D eigenvalue weighted by Gasteiger charge is -2.12. The van der Waals surface area contributed by atoms with Gasteiger partial charge in [-0.25, -0.2) is 0 Å². The summed E-state index contributed by atoms with van der Waals surface area (Å²) in [5, 5.41) is 9.28. The molecule has 0 heterocycles. The largest absolute Gasteiger partial charge is 0.508 e. The van der Waals surface area contributed by atoms with Gasteiger partial charge in [0.25, 0.3) is 0 Å². The van der Waals surface area contributed by atoms with Gasteiger partial charge in [0.1, 0.15) is 5.75 Å². The molecule has 0 amide bonds. The average Bonchev–Trinajstić information content (AvgIpc) is 2.08. The van der Waals surface area contributed by atoms with Crippen LogP contribution in [0.3, 0.4) is 0 Å². The molecule has 0 radical (unpaired) electrons. The third-order valence-electron chi connectivity index (χ3n) is 2.44. The van der Waals surface area contributed by atoms with Crippen LogP contribution in [0, 0.1) is 12.8 Å². The van der Waals surface area contributed by atoms with Gasteiger partial charge >= 0.3 is 0 Å².